The van der Waals surface area contributed by atoms with Gasteiger partial charge >= 0.3 is 5.95 Å². The Bertz CT molecular complexity index is 1070. The van der Waals surface area contributed by atoms with Crippen LogP contribution in [0.25, 0.3) is 10.9 Å². The molecular formula is C23H29N4O3+. The van der Waals surface area contributed by atoms with Gasteiger partial charge in [-0.05, 0) is 25.3 Å². The fourth-order valence-electron chi connectivity index (χ4n) is 5.53. The normalized spacial score (nSPS) is 24.6. The van der Waals surface area contributed by atoms with E-state index in [2.05, 4.69) is 18.2 Å². The van der Waals surface area contributed by atoms with E-state index in [0.29, 0.717) is 18.7 Å². The summed E-state index contributed by atoms with van der Waals surface area (Å²) in [7, 11) is 5.03. The second-order valence-electron chi connectivity index (χ2n) is 8.29. The van der Waals surface area contributed by atoms with Crippen LogP contribution in [0.15, 0.2) is 41.4 Å². The lowest BCUT2D eigenvalue weighted by molar-refractivity contribution is -0.00312. The van der Waals surface area contributed by atoms with Gasteiger partial charge in [-0.15, -0.1) is 0 Å². The Balaban J connectivity index is 1.80. The number of benzene rings is 1. The highest BCUT2D eigenvalue weighted by Crippen LogP contribution is 2.52. The molecule has 30 heavy (non-hydrogen) atoms. The second kappa shape index (κ2) is 7.04. The van der Waals surface area contributed by atoms with Crippen molar-refractivity contribution >= 4 is 22.5 Å². The largest absolute Gasteiger partial charge is 0.501 e. The summed E-state index contributed by atoms with van der Waals surface area (Å²) in [6, 6.07) is 6.40. The third-order valence-electron chi connectivity index (χ3n) is 7.03. The zero-order chi connectivity index (χ0) is 20.9. The van der Waals surface area contributed by atoms with Crippen LogP contribution in [-0.4, -0.2) is 50.9 Å². The number of aromatic nitrogens is 2. The van der Waals surface area contributed by atoms with Crippen molar-refractivity contribution in [3.8, 4) is 0 Å². The van der Waals surface area contributed by atoms with Crippen molar-refractivity contribution in [1.82, 2.24) is 14.5 Å². The predicted octanol–water partition coefficient (Wildman–Crippen LogP) is 3.40. The summed E-state index contributed by atoms with van der Waals surface area (Å²) in [6.07, 6.45) is 6.04. The monoisotopic (exact) mass is 409 g/mol. The molecule has 0 saturated carbocycles. The third-order valence-corrected chi connectivity index (χ3v) is 7.03. The molecule has 1 fully saturated rings. The second-order valence-corrected chi connectivity index (χ2v) is 8.29. The van der Waals surface area contributed by atoms with Crippen LogP contribution in [0, 0.1) is 0 Å². The highest BCUT2D eigenvalue weighted by atomic mass is 16.5. The van der Waals surface area contributed by atoms with Crippen LogP contribution in [-0.2, 0) is 19.8 Å². The Hall–Kier alpha value is -2.48. The molecule has 6 rings (SSSR count). The van der Waals surface area contributed by atoms with Crippen molar-refractivity contribution < 1.29 is 14.2 Å². The van der Waals surface area contributed by atoms with Crippen molar-refractivity contribution in [2.45, 2.75) is 31.3 Å². The first-order valence-corrected chi connectivity index (χ1v) is 10.6. The standard InChI is InChI=1S/C23H29N4O3/c1-28-15-12-19(29-2)16(14-24)23(13-15,30-3)21-20-17-8-7-9-18(20)27(22(25-17)26-21)10-5-4-6-11-27/h7-9,12H,4-6,10-11,13-14,24H2,1-3H3/q+1. The molecule has 1 aromatic heterocycles. The van der Waals surface area contributed by atoms with Crippen molar-refractivity contribution in [3.05, 3.63) is 47.1 Å². The predicted molar refractivity (Wildman–Crippen MR) is 116 cm³/mol. The fraction of sp³-hybridized carbons (Fsp3) is 0.478. The van der Waals surface area contributed by atoms with Crippen molar-refractivity contribution in [2.24, 2.45) is 5.73 Å². The number of nitrogens with zero attached hydrogens (tertiary/aromatic N) is 3. The van der Waals surface area contributed by atoms with E-state index in [1.807, 2.05) is 6.08 Å². The molecule has 3 aliphatic heterocycles. The molecule has 0 amide bonds. The molecule has 7 nitrogen and oxygen atoms in total. The Kier molecular flexibility index (Phi) is 4.57. The molecular weight excluding hydrogens is 380 g/mol. The van der Waals surface area contributed by atoms with Gasteiger partial charge in [0.25, 0.3) is 0 Å². The maximum Gasteiger partial charge on any atom is 0.335 e. The average Bonchev–Trinajstić information content (AvgIpc) is 2.81. The van der Waals surface area contributed by atoms with Gasteiger partial charge < -0.3 is 19.9 Å². The number of ether oxygens (including phenoxy) is 3. The number of fused-ring (bicyclic) bond motifs is 1. The summed E-state index contributed by atoms with van der Waals surface area (Å²) in [5, 5.41) is 1.08. The van der Waals surface area contributed by atoms with Crippen molar-refractivity contribution in [2.75, 3.05) is 41.0 Å². The minimum atomic E-state index is -0.855. The van der Waals surface area contributed by atoms with Crippen molar-refractivity contribution in [1.29, 1.82) is 0 Å². The lowest BCUT2D eigenvalue weighted by atomic mass is 9.79. The molecule has 4 heterocycles. The Morgan fingerprint density at radius 3 is 2.53 bits per heavy atom. The van der Waals surface area contributed by atoms with Gasteiger partial charge in [-0.3, -0.25) is 0 Å². The molecule has 158 valence electrons. The van der Waals surface area contributed by atoms with Gasteiger partial charge in [0.2, 0.25) is 0 Å². The first kappa shape index (κ1) is 19.5. The number of methoxy groups -OCH3 is 3. The molecule has 1 aliphatic carbocycles. The van der Waals surface area contributed by atoms with Gasteiger partial charge in [-0.25, -0.2) is 4.48 Å². The highest BCUT2D eigenvalue weighted by Gasteiger charge is 2.51. The first-order chi connectivity index (χ1) is 14.6. The van der Waals surface area contributed by atoms with E-state index in [4.69, 9.17) is 29.9 Å². The molecule has 1 spiro atoms. The zero-order valence-corrected chi connectivity index (χ0v) is 17.9. The van der Waals surface area contributed by atoms with Gasteiger partial charge in [-0.1, -0.05) is 6.07 Å². The maximum absolute atomic E-state index is 6.26. The number of hydrogen-bond donors (Lipinski definition) is 1. The molecule has 1 aromatic carbocycles. The van der Waals surface area contributed by atoms with Gasteiger partial charge in [-0.2, -0.15) is 9.97 Å². The summed E-state index contributed by atoms with van der Waals surface area (Å²) >= 11 is 0. The first-order valence-electron chi connectivity index (χ1n) is 10.6. The van der Waals surface area contributed by atoms with Gasteiger partial charge in [0.15, 0.2) is 5.69 Å². The van der Waals surface area contributed by atoms with Crippen molar-refractivity contribution in [3.63, 3.8) is 0 Å². The smallest absolute Gasteiger partial charge is 0.335 e. The van der Waals surface area contributed by atoms with Crippen LogP contribution in [0.2, 0.25) is 0 Å². The molecule has 4 aliphatic rings. The minimum absolute atomic E-state index is 0.299. The van der Waals surface area contributed by atoms with Crippen LogP contribution in [0.4, 0.5) is 11.6 Å². The topological polar surface area (TPSA) is 79.5 Å². The van der Waals surface area contributed by atoms with Crippen LogP contribution in [0.3, 0.4) is 0 Å². The number of rotatable bonds is 5. The number of nitrogens with two attached hydrogens (primary N) is 1. The highest BCUT2D eigenvalue weighted by molar-refractivity contribution is 5.98. The summed E-state index contributed by atoms with van der Waals surface area (Å²) < 4.78 is 18.3. The number of quaternary nitrogens is 1. The minimum Gasteiger partial charge on any atom is -0.501 e. The molecule has 1 atom stereocenters. The molecule has 0 radical (unpaired) electrons. The summed E-state index contributed by atoms with van der Waals surface area (Å²) in [4.78, 5) is 10.1. The van der Waals surface area contributed by atoms with E-state index in [9.17, 15) is 0 Å². The molecule has 2 aromatic rings. The molecule has 1 unspecified atom stereocenters. The summed E-state index contributed by atoms with van der Waals surface area (Å²) in [6.45, 7) is 2.38. The Morgan fingerprint density at radius 2 is 1.87 bits per heavy atom. The van der Waals surface area contributed by atoms with E-state index in [1.54, 1.807) is 21.3 Å². The van der Waals surface area contributed by atoms with Crippen LogP contribution in [0.5, 0.6) is 0 Å². The molecule has 1 saturated heterocycles. The summed E-state index contributed by atoms with van der Waals surface area (Å²) in [5.41, 5.74) is 9.37. The number of piperidine rings is 1. The zero-order valence-electron chi connectivity index (χ0n) is 17.9. The Labute approximate surface area is 176 Å². The van der Waals surface area contributed by atoms with Crippen LogP contribution < -0.4 is 10.2 Å². The van der Waals surface area contributed by atoms with Crippen LogP contribution in [0.1, 0.15) is 31.4 Å². The Morgan fingerprint density at radius 1 is 1.07 bits per heavy atom. The lowest BCUT2D eigenvalue weighted by Gasteiger charge is -2.45. The molecule has 4 bridgehead atoms. The maximum atomic E-state index is 6.26. The molecule has 2 N–H and O–H groups in total. The molecule has 7 heteroatoms. The number of allylic oxidation sites excluding steroid dienone is 1. The number of hydrogen-bond acceptors (Lipinski definition) is 6. The average molecular weight is 410 g/mol. The van der Waals surface area contributed by atoms with E-state index in [1.165, 1.54) is 24.9 Å². The SMILES string of the molecule is COC1=CC(OC)=C(CN)C(OC)(c2nc3nc4cccc(c24)[N+]32CCCCC2)C1. The van der Waals surface area contributed by atoms with Gasteiger partial charge in [0, 0.05) is 37.8 Å². The van der Waals surface area contributed by atoms with Crippen LogP contribution >= 0.6 is 0 Å². The quantitative estimate of drug-likeness (QED) is 0.763. The van der Waals surface area contributed by atoms with E-state index < -0.39 is 5.60 Å². The van der Waals surface area contributed by atoms with E-state index in [-0.39, 0.29) is 0 Å². The van der Waals surface area contributed by atoms with Gasteiger partial charge in [0.1, 0.15) is 22.8 Å². The third kappa shape index (κ3) is 2.43. The lowest BCUT2D eigenvalue weighted by Crippen LogP contribution is -2.52. The van der Waals surface area contributed by atoms with Gasteiger partial charge in [0.05, 0.1) is 38.2 Å². The van der Waals surface area contributed by atoms with E-state index >= 15 is 0 Å². The fourth-order valence-corrected chi connectivity index (χ4v) is 5.53. The van der Waals surface area contributed by atoms with E-state index in [0.717, 1.165) is 51.5 Å². The summed E-state index contributed by atoms with van der Waals surface area (Å²) in [5.74, 6) is 2.32.